The van der Waals surface area contributed by atoms with Crippen LogP contribution in [0, 0.1) is 17.0 Å². The van der Waals surface area contributed by atoms with Gasteiger partial charge in [-0.25, -0.2) is 0 Å². The van der Waals surface area contributed by atoms with Crippen LogP contribution in [0.15, 0.2) is 60.7 Å². The van der Waals surface area contributed by atoms with Crippen molar-refractivity contribution in [3.8, 4) is 16.9 Å². The van der Waals surface area contributed by atoms with Gasteiger partial charge in [-0.1, -0.05) is 29.8 Å². The highest BCUT2D eigenvalue weighted by Gasteiger charge is 2.24. The minimum atomic E-state index is -0.620. The lowest BCUT2D eigenvalue weighted by Crippen LogP contribution is -2.14. The van der Waals surface area contributed by atoms with E-state index in [9.17, 15) is 19.7 Å². The molecule has 0 saturated heterocycles. The van der Waals surface area contributed by atoms with Crippen LogP contribution in [0.5, 0.6) is 5.75 Å². The zero-order valence-electron chi connectivity index (χ0n) is 19.2. The zero-order valence-corrected chi connectivity index (χ0v) is 20.0. The lowest BCUT2D eigenvalue weighted by molar-refractivity contribution is -0.384. The molecule has 4 rings (SSSR count). The fraction of sp³-hybridized carbons (Fsp3) is 0.154. The van der Waals surface area contributed by atoms with Crippen molar-refractivity contribution in [2.75, 3.05) is 7.11 Å². The van der Waals surface area contributed by atoms with Crippen molar-refractivity contribution in [2.24, 2.45) is 0 Å². The van der Waals surface area contributed by atoms with Gasteiger partial charge in [-0.2, -0.15) is 0 Å². The second-order valence-corrected chi connectivity index (χ2v) is 8.30. The van der Waals surface area contributed by atoms with Crippen molar-refractivity contribution in [1.82, 2.24) is 4.57 Å². The third kappa shape index (κ3) is 4.61. The summed E-state index contributed by atoms with van der Waals surface area (Å²) < 4.78 is 12.1. The van der Waals surface area contributed by atoms with Crippen molar-refractivity contribution in [2.45, 2.75) is 20.5 Å². The number of hydrogen-bond donors (Lipinski definition) is 0. The number of nitro groups is 1. The summed E-state index contributed by atoms with van der Waals surface area (Å²) in [6.07, 6.45) is 0. The van der Waals surface area contributed by atoms with Crippen molar-refractivity contribution in [3.63, 3.8) is 0 Å². The number of carbonyl (C=O) groups excluding carboxylic acids is 2. The summed E-state index contributed by atoms with van der Waals surface area (Å²) in [7, 11) is 1.56. The molecule has 0 N–H and O–H groups in total. The molecule has 0 amide bonds. The van der Waals surface area contributed by atoms with Crippen LogP contribution in [-0.4, -0.2) is 28.5 Å². The molecule has 0 fully saturated rings. The Balaban J connectivity index is 1.91. The number of benzene rings is 3. The van der Waals surface area contributed by atoms with E-state index in [0.717, 1.165) is 22.1 Å². The molecule has 1 heterocycles. The van der Waals surface area contributed by atoms with Gasteiger partial charge in [-0.3, -0.25) is 24.3 Å². The second-order valence-electron chi connectivity index (χ2n) is 7.89. The summed E-state index contributed by atoms with van der Waals surface area (Å²) >= 11 is 5.94. The highest BCUT2D eigenvalue weighted by Crippen LogP contribution is 2.38. The summed E-state index contributed by atoms with van der Waals surface area (Å²) in [5.74, 6) is -0.197. The average molecular weight is 493 g/mol. The Bertz CT molecular complexity index is 1490. The van der Waals surface area contributed by atoms with Gasteiger partial charge in [0, 0.05) is 35.2 Å². The Morgan fingerprint density at radius 1 is 1.09 bits per heavy atom. The van der Waals surface area contributed by atoms with E-state index in [1.165, 1.54) is 29.7 Å². The highest BCUT2D eigenvalue weighted by atomic mass is 35.5. The maximum atomic E-state index is 13.6. The van der Waals surface area contributed by atoms with Gasteiger partial charge in [-0.15, -0.1) is 0 Å². The quantitative estimate of drug-likeness (QED) is 0.187. The number of carbonyl (C=O) groups is 2. The Kier molecular flexibility index (Phi) is 6.57. The normalized spacial score (nSPS) is 10.9. The van der Waals surface area contributed by atoms with E-state index in [-0.39, 0.29) is 28.8 Å². The SMILES string of the molecule is COc1ccc2c(c1)c(-c1cccc(COC(C)=O)c1)c(C)n2C(=O)c1ccc(Cl)c([N+](=O)[O-])c1. The van der Waals surface area contributed by atoms with Crippen molar-refractivity contribution in [1.29, 1.82) is 0 Å². The van der Waals surface area contributed by atoms with Gasteiger partial charge in [-0.05, 0) is 54.4 Å². The van der Waals surface area contributed by atoms with E-state index in [4.69, 9.17) is 21.1 Å². The number of aromatic nitrogens is 1. The molecule has 35 heavy (non-hydrogen) atoms. The maximum Gasteiger partial charge on any atom is 0.302 e. The number of halogens is 1. The van der Waals surface area contributed by atoms with Crippen LogP contribution in [-0.2, 0) is 16.1 Å². The Morgan fingerprint density at radius 2 is 1.86 bits per heavy atom. The molecule has 3 aromatic carbocycles. The summed E-state index contributed by atoms with van der Waals surface area (Å²) in [5.41, 5.74) is 3.45. The molecular formula is C26H21ClN2O6. The van der Waals surface area contributed by atoms with Crippen LogP contribution in [0.1, 0.15) is 28.5 Å². The van der Waals surface area contributed by atoms with Crippen LogP contribution < -0.4 is 4.74 Å². The highest BCUT2D eigenvalue weighted by molar-refractivity contribution is 6.32. The molecule has 4 aromatic rings. The number of nitrogens with zero attached hydrogens (tertiary/aromatic N) is 2. The minimum absolute atomic E-state index is 0.0457. The molecule has 0 bridgehead atoms. The van der Waals surface area contributed by atoms with Crippen molar-refractivity contribution < 1.29 is 24.0 Å². The fourth-order valence-electron chi connectivity index (χ4n) is 4.07. The molecule has 1 aromatic heterocycles. The molecule has 0 aliphatic rings. The van der Waals surface area contributed by atoms with E-state index in [1.807, 2.05) is 37.3 Å². The van der Waals surface area contributed by atoms with Gasteiger partial charge in [0.2, 0.25) is 0 Å². The van der Waals surface area contributed by atoms with E-state index in [2.05, 4.69) is 0 Å². The number of esters is 1. The van der Waals surface area contributed by atoms with Crippen LogP contribution in [0.4, 0.5) is 5.69 Å². The molecule has 178 valence electrons. The van der Waals surface area contributed by atoms with Crippen LogP contribution in [0.2, 0.25) is 5.02 Å². The van der Waals surface area contributed by atoms with Gasteiger partial charge >= 0.3 is 5.97 Å². The van der Waals surface area contributed by atoms with Crippen LogP contribution in [0.25, 0.3) is 22.0 Å². The van der Waals surface area contributed by atoms with E-state index in [0.29, 0.717) is 17.0 Å². The maximum absolute atomic E-state index is 13.6. The van der Waals surface area contributed by atoms with E-state index in [1.54, 1.807) is 19.2 Å². The fourth-order valence-corrected chi connectivity index (χ4v) is 4.25. The van der Waals surface area contributed by atoms with Crippen LogP contribution in [0.3, 0.4) is 0 Å². The van der Waals surface area contributed by atoms with Gasteiger partial charge < -0.3 is 9.47 Å². The number of methoxy groups -OCH3 is 1. The van der Waals surface area contributed by atoms with E-state index >= 15 is 0 Å². The largest absolute Gasteiger partial charge is 0.497 e. The number of rotatable bonds is 6. The molecule has 0 unspecified atom stereocenters. The molecule has 8 nitrogen and oxygen atoms in total. The first-order valence-electron chi connectivity index (χ1n) is 10.6. The first kappa shape index (κ1) is 24.0. The smallest absolute Gasteiger partial charge is 0.302 e. The predicted octanol–water partition coefficient (Wildman–Crippen LogP) is 5.94. The summed E-state index contributed by atoms with van der Waals surface area (Å²) in [4.78, 5) is 35.6. The summed E-state index contributed by atoms with van der Waals surface area (Å²) in [6, 6.07) is 16.8. The lowest BCUT2D eigenvalue weighted by atomic mass is 10.00. The molecule has 0 saturated carbocycles. The standard InChI is InChI=1S/C26H21ClN2O6/c1-15-25(18-6-4-5-17(11-18)14-35-16(2)30)21-13-20(34-3)8-10-23(21)28(15)26(31)19-7-9-22(27)24(12-19)29(32)33/h4-13H,14H2,1-3H3. The lowest BCUT2D eigenvalue weighted by Gasteiger charge is -2.09. The first-order chi connectivity index (χ1) is 16.7. The predicted molar refractivity (Wildman–Crippen MR) is 132 cm³/mol. The molecule has 0 aliphatic heterocycles. The van der Waals surface area contributed by atoms with Gasteiger partial charge in [0.15, 0.2) is 0 Å². The molecule has 9 heteroatoms. The number of hydrogen-bond acceptors (Lipinski definition) is 6. The number of nitro benzene ring substituents is 1. The number of fused-ring (bicyclic) bond motifs is 1. The van der Waals surface area contributed by atoms with Crippen molar-refractivity contribution >= 4 is 40.1 Å². The van der Waals surface area contributed by atoms with Gasteiger partial charge in [0.05, 0.1) is 17.5 Å². The molecular weight excluding hydrogens is 472 g/mol. The van der Waals surface area contributed by atoms with E-state index < -0.39 is 10.8 Å². The second kappa shape index (κ2) is 9.60. The Labute approximate surface area is 205 Å². The summed E-state index contributed by atoms with van der Waals surface area (Å²) in [5, 5.41) is 12.1. The third-order valence-electron chi connectivity index (χ3n) is 5.66. The Morgan fingerprint density at radius 3 is 2.54 bits per heavy atom. The van der Waals surface area contributed by atoms with Crippen molar-refractivity contribution in [3.05, 3.63) is 92.6 Å². The monoisotopic (exact) mass is 492 g/mol. The average Bonchev–Trinajstić information content (AvgIpc) is 3.13. The minimum Gasteiger partial charge on any atom is -0.497 e. The molecule has 0 aliphatic carbocycles. The number of ether oxygens (including phenoxy) is 2. The molecule has 0 spiro atoms. The van der Waals surface area contributed by atoms with Crippen LogP contribution >= 0.6 is 11.6 Å². The first-order valence-corrected chi connectivity index (χ1v) is 11.0. The van der Waals surface area contributed by atoms with Gasteiger partial charge in [0.25, 0.3) is 11.6 Å². The molecule has 0 atom stereocenters. The molecule has 0 radical (unpaired) electrons. The topological polar surface area (TPSA) is 101 Å². The zero-order chi connectivity index (χ0) is 25.3. The Hall–Kier alpha value is -4.17. The third-order valence-corrected chi connectivity index (χ3v) is 5.98. The summed E-state index contributed by atoms with van der Waals surface area (Å²) in [6.45, 7) is 3.28. The van der Waals surface area contributed by atoms with Gasteiger partial charge in [0.1, 0.15) is 17.4 Å².